The van der Waals surface area contributed by atoms with Crippen molar-refractivity contribution in [1.29, 1.82) is 0 Å². The lowest BCUT2D eigenvalue weighted by atomic mass is 9.91. The first-order valence-electron chi connectivity index (χ1n) is 7.10. The third-order valence-electron chi connectivity index (χ3n) is 3.96. The van der Waals surface area contributed by atoms with Crippen molar-refractivity contribution < 1.29 is 9.90 Å². The van der Waals surface area contributed by atoms with Gasteiger partial charge in [-0.1, -0.05) is 6.07 Å². The molecule has 6 heteroatoms. The Labute approximate surface area is 121 Å². The fourth-order valence-corrected chi connectivity index (χ4v) is 2.58. The summed E-state index contributed by atoms with van der Waals surface area (Å²) in [4.78, 5) is 30.8. The normalized spacial score (nSPS) is 14.9. The van der Waals surface area contributed by atoms with Gasteiger partial charge in [0.2, 0.25) is 0 Å². The van der Waals surface area contributed by atoms with Crippen LogP contribution in [-0.4, -0.2) is 44.5 Å². The molecule has 110 valence electrons. The topological polar surface area (TPSA) is 74.9 Å². The largest absolute Gasteiger partial charge is 0.395 e. The lowest BCUT2D eigenvalue weighted by Crippen LogP contribution is -2.47. The maximum absolute atomic E-state index is 12.6. The molecule has 1 amide bonds. The summed E-state index contributed by atoms with van der Waals surface area (Å²) >= 11 is 0. The third-order valence-corrected chi connectivity index (χ3v) is 3.96. The van der Waals surface area contributed by atoms with Crippen LogP contribution in [0.1, 0.15) is 29.6 Å². The van der Waals surface area contributed by atoms with Crippen LogP contribution in [-0.2, 0) is 0 Å². The molecule has 1 aliphatic carbocycles. The van der Waals surface area contributed by atoms with E-state index in [0.29, 0.717) is 5.65 Å². The van der Waals surface area contributed by atoms with Crippen molar-refractivity contribution in [2.75, 3.05) is 13.2 Å². The number of aliphatic hydroxyl groups excluding tert-OH is 1. The molecule has 2 aromatic heterocycles. The maximum Gasteiger partial charge on any atom is 0.270 e. The van der Waals surface area contributed by atoms with Gasteiger partial charge in [-0.15, -0.1) is 0 Å². The first kappa shape index (κ1) is 13.8. The Morgan fingerprint density at radius 1 is 1.43 bits per heavy atom. The smallest absolute Gasteiger partial charge is 0.270 e. The molecule has 0 saturated heterocycles. The number of nitrogens with zero attached hydrogens (tertiary/aromatic N) is 3. The van der Waals surface area contributed by atoms with Crippen LogP contribution in [0.4, 0.5) is 0 Å². The predicted molar refractivity (Wildman–Crippen MR) is 77.2 cm³/mol. The van der Waals surface area contributed by atoms with Crippen molar-refractivity contribution in [1.82, 2.24) is 14.3 Å². The number of fused-ring (bicyclic) bond motifs is 1. The van der Waals surface area contributed by atoms with Crippen molar-refractivity contribution in [2.45, 2.75) is 25.3 Å². The fourth-order valence-electron chi connectivity index (χ4n) is 2.58. The zero-order valence-corrected chi connectivity index (χ0v) is 11.6. The van der Waals surface area contributed by atoms with Gasteiger partial charge < -0.3 is 10.0 Å². The van der Waals surface area contributed by atoms with Crippen LogP contribution >= 0.6 is 0 Å². The van der Waals surface area contributed by atoms with E-state index < -0.39 is 0 Å². The van der Waals surface area contributed by atoms with Crippen molar-refractivity contribution >= 4 is 11.6 Å². The van der Waals surface area contributed by atoms with Gasteiger partial charge in [-0.05, 0) is 31.4 Å². The number of hydrogen-bond donors (Lipinski definition) is 1. The van der Waals surface area contributed by atoms with E-state index in [-0.39, 0.29) is 36.2 Å². The van der Waals surface area contributed by atoms with Crippen molar-refractivity contribution in [3.63, 3.8) is 0 Å². The Hall–Kier alpha value is -2.21. The number of aliphatic hydroxyl groups is 1. The molecular weight excluding hydrogens is 270 g/mol. The number of carbonyl (C=O) groups is 1. The number of aromatic nitrogens is 2. The molecule has 0 spiro atoms. The minimum absolute atomic E-state index is 0.0547. The van der Waals surface area contributed by atoms with E-state index in [9.17, 15) is 9.59 Å². The van der Waals surface area contributed by atoms with E-state index in [2.05, 4.69) is 4.98 Å². The molecule has 2 aromatic rings. The number of pyridine rings is 1. The van der Waals surface area contributed by atoms with E-state index >= 15 is 0 Å². The lowest BCUT2D eigenvalue weighted by Gasteiger charge is -2.37. The van der Waals surface area contributed by atoms with Gasteiger partial charge >= 0.3 is 0 Å². The molecule has 0 aromatic carbocycles. The van der Waals surface area contributed by atoms with E-state index in [1.54, 1.807) is 29.3 Å². The second-order valence-electron chi connectivity index (χ2n) is 5.21. The van der Waals surface area contributed by atoms with Crippen LogP contribution in [0.3, 0.4) is 0 Å². The van der Waals surface area contributed by atoms with Crippen LogP contribution in [0.2, 0.25) is 0 Å². The predicted octanol–water partition coefficient (Wildman–Crippen LogP) is 0.681. The molecule has 21 heavy (non-hydrogen) atoms. The van der Waals surface area contributed by atoms with Gasteiger partial charge in [0.25, 0.3) is 11.5 Å². The summed E-state index contributed by atoms with van der Waals surface area (Å²) in [6.07, 6.45) is 5.86. The number of hydrogen-bond acceptors (Lipinski definition) is 4. The van der Waals surface area contributed by atoms with Crippen molar-refractivity contribution in [3.05, 3.63) is 46.5 Å². The SMILES string of the molecule is O=C(c1cnc2ccccn2c1=O)N(CCO)C1CCC1. The summed E-state index contributed by atoms with van der Waals surface area (Å²) in [5, 5.41) is 9.15. The average Bonchev–Trinajstić information content (AvgIpc) is 2.45. The standard InChI is InChI=1S/C15H17N3O3/c19-9-8-17(11-4-3-5-11)14(20)12-10-16-13-6-1-2-7-18(13)15(12)21/h1-2,6-7,10-11,19H,3-5,8-9H2. The molecule has 1 fully saturated rings. The summed E-state index contributed by atoms with van der Waals surface area (Å²) in [6.45, 7) is 0.144. The summed E-state index contributed by atoms with van der Waals surface area (Å²) in [5.41, 5.74) is 0.198. The van der Waals surface area contributed by atoms with E-state index in [1.807, 2.05) is 0 Å². The summed E-state index contributed by atoms with van der Waals surface area (Å²) in [7, 11) is 0. The van der Waals surface area contributed by atoms with Crippen LogP contribution in [0, 0.1) is 0 Å². The van der Waals surface area contributed by atoms with Gasteiger partial charge in [-0.25, -0.2) is 4.98 Å². The first-order chi connectivity index (χ1) is 10.2. The van der Waals surface area contributed by atoms with E-state index in [0.717, 1.165) is 19.3 Å². The monoisotopic (exact) mass is 287 g/mol. The van der Waals surface area contributed by atoms with Gasteiger partial charge in [-0.2, -0.15) is 0 Å². The highest BCUT2D eigenvalue weighted by atomic mass is 16.3. The summed E-state index contributed by atoms with van der Waals surface area (Å²) in [5.74, 6) is -0.343. The minimum Gasteiger partial charge on any atom is -0.395 e. The molecule has 0 unspecified atom stereocenters. The van der Waals surface area contributed by atoms with Gasteiger partial charge in [0, 0.05) is 25.0 Å². The van der Waals surface area contributed by atoms with Crippen LogP contribution in [0.25, 0.3) is 5.65 Å². The van der Waals surface area contributed by atoms with Gasteiger partial charge in [0.1, 0.15) is 11.2 Å². The molecular formula is C15H17N3O3. The Morgan fingerprint density at radius 2 is 2.24 bits per heavy atom. The number of carbonyl (C=O) groups excluding carboxylic acids is 1. The molecule has 6 nitrogen and oxygen atoms in total. The van der Waals surface area contributed by atoms with Gasteiger partial charge in [0.05, 0.1) is 6.61 Å². The van der Waals surface area contributed by atoms with Gasteiger partial charge in [0.15, 0.2) is 0 Å². The van der Waals surface area contributed by atoms with E-state index in [1.165, 1.54) is 10.6 Å². The third kappa shape index (κ3) is 2.42. The lowest BCUT2D eigenvalue weighted by molar-refractivity contribution is 0.0523. The summed E-state index contributed by atoms with van der Waals surface area (Å²) in [6, 6.07) is 5.35. The molecule has 1 aliphatic rings. The molecule has 0 atom stereocenters. The number of rotatable bonds is 4. The molecule has 1 saturated carbocycles. The quantitative estimate of drug-likeness (QED) is 0.897. The maximum atomic E-state index is 12.6. The molecule has 1 N–H and O–H groups in total. The highest BCUT2D eigenvalue weighted by Crippen LogP contribution is 2.25. The first-order valence-corrected chi connectivity index (χ1v) is 7.10. The molecule has 0 bridgehead atoms. The molecule has 2 heterocycles. The fraction of sp³-hybridized carbons (Fsp3) is 0.400. The van der Waals surface area contributed by atoms with Crippen LogP contribution in [0.15, 0.2) is 35.4 Å². The Kier molecular flexibility index (Phi) is 3.70. The van der Waals surface area contributed by atoms with Gasteiger partial charge in [-0.3, -0.25) is 14.0 Å². The zero-order valence-electron chi connectivity index (χ0n) is 11.6. The van der Waals surface area contributed by atoms with Crippen molar-refractivity contribution in [3.8, 4) is 0 Å². The number of amides is 1. The average molecular weight is 287 g/mol. The Morgan fingerprint density at radius 3 is 2.90 bits per heavy atom. The highest BCUT2D eigenvalue weighted by Gasteiger charge is 2.30. The second-order valence-corrected chi connectivity index (χ2v) is 5.21. The van der Waals surface area contributed by atoms with E-state index in [4.69, 9.17) is 5.11 Å². The van der Waals surface area contributed by atoms with Crippen LogP contribution < -0.4 is 5.56 Å². The Bertz CT molecular complexity index is 721. The minimum atomic E-state index is -0.368. The highest BCUT2D eigenvalue weighted by molar-refractivity contribution is 5.94. The second kappa shape index (κ2) is 5.65. The zero-order chi connectivity index (χ0) is 14.8. The molecule has 3 rings (SSSR count). The summed E-state index contributed by atoms with van der Waals surface area (Å²) < 4.78 is 1.37. The van der Waals surface area contributed by atoms with Crippen molar-refractivity contribution in [2.24, 2.45) is 0 Å². The van der Waals surface area contributed by atoms with Crippen LogP contribution in [0.5, 0.6) is 0 Å². The molecule has 0 aliphatic heterocycles. The Balaban J connectivity index is 2.00. The molecule has 0 radical (unpaired) electrons.